The molecule has 1 heteroatoms. The molecule has 0 bridgehead atoms. The third-order valence-corrected chi connectivity index (χ3v) is 4.82. The average Bonchev–Trinajstić information content (AvgIpc) is 2.37. The van der Waals surface area contributed by atoms with Crippen molar-refractivity contribution >= 4 is 5.78 Å². The zero-order valence-electron chi connectivity index (χ0n) is 13.5. The van der Waals surface area contributed by atoms with Gasteiger partial charge in [-0.05, 0) is 37.5 Å². The molecule has 0 aromatic carbocycles. The fraction of sp³-hybridized carbons (Fsp3) is 0.944. The zero-order chi connectivity index (χ0) is 14.1. The van der Waals surface area contributed by atoms with Crippen LogP contribution in [0.5, 0.6) is 0 Å². The van der Waals surface area contributed by atoms with Gasteiger partial charge >= 0.3 is 0 Å². The average molecular weight is 266 g/mol. The summed E-state index contributed by atoms with van der Waals surface area (Å²) >= 11 is 0. The topological polar surface area (TPSA) is 17.1 Å². The molecular formula is C18H34O. The SMILES string of the molecule is CCCCCCCCCC(=O)C1CCC(C)(C)CC1. The van der Waals surface area contributed by atoms with Gasteiger partial charge in [-0.15, -0.1) is 0 Å². The Labute approximate surface area is 120 Å². The Kier molecular flexibility index (Phi) is 7.71. The molecule has 1 aliphatic carbocycles. The molecule has 0 N–H and O–H groups in total. The first-order valence-electron chi connectivity index (χ1n) is 8.58. The van der Waals surface area contributed by atoms with Gasteiger partial charge in [0.25, 0.3) is 0 Å². The zero-order valence-corrected chi connectivity index (χ0v) is 13.5. The molecular weight excluding hydrogens is 232 g/mol. The van der Waals surface area contributed by atoms with Crippen molar-refractivity contribution in [2.45, 2.75) is 97.8 Å². The number of unbranched alkanes of at least 4 members (excludes halogenated alkanes) is 6. The lowest BCUT2D eigenvalue weighted by Gasteiger charge is -2.33. The second-order valence-corrected chi connectivity index (χ2v) is 7.28. The maximum atomic E-state index is 12.1. The van der Waals surface area contributed by atoms with E-state index >= 15 is 0 Å². The molecule has 0 saturated heterocycles. The van der Waals surface area contributed by atoms with E-state index in [4.69, 9.17) is 0 Å². The molecule has 0 amide bonds. The Balaban J connectivity index is 2.02. The minimum atomic E-state index is 0.396. The van der Waals surface area contributed by atoms with E-state index in [0.717, 1.165) is 25.7 Å². The molecule has 1 nitrogen and oxygen atoms in total. The van der Waals surface area contributed by atoms with E-state index in [1.165, 1.54) is 51.4 Å². The summed E-state index contributed by atoms with van der Waals surface area (Å²) in [5.74, 6) is 0.956. The van der Waals surface area contributed by atoms with E-state index in [1.807, 2.05) is 0 Å². The van der Waals surface area contributed by atoms with E-state index in [-0.39, 0.29) is 0 Å². The van der Waals surface area contributed by atoms with Crippen molar-refractivity contribution in [2.24, 2.45) is 11.3 Å². The molecule has 0 atom stereocenters. The molecule has 1 saturated carbocycles. The van der Waals surface area contributed by atoms with Gasteiger partial charge in [0.1, 0.15) is 5.78 Å². The molecule has 0 aliphatic heterocycles. The van der Waals surface area contributed by atoms with Crippen LogP contribution in [-0.4, -0.2) is 5.78 Å². The second-order valence-electron chi connectivity index (χ2n) is 7.28. The molecule has 0 aromatic heterocycles. The molecule has 0 heterocycles. The van der Waals surface area contributed by atoms with Gasteiger partial charge in [0.15, 0.2) is 0 Å². The van der Waals surface area contributed by atoms with Crippen LogP contribution in [0, 0.1) is 11.3 Å². The molecule has 0 radical (unpaired) electrons. The lowest BCUT2D eigenvalue weighted by Crippen LogP contribution is -2.26. The molecule has 1 fully saturated rings. The summed E-state index contributed by atoms with van der Waals surface area (Å²) < 4.78 is 0. The largest absolute Gasteiger partial charge is 0.299 e. The highest BCUT2D eigenvalue weighted by atomic mass is 16.1. The maximum absolute atomic E-state index is 12.1. The molecule has 0 spiro atoms. The first kappa shape index (κ1) is 16.7. The Hall–Kier alpha value is -0.330. The highest BCUT2D eigenvalue weighted by molar-refractivity contribution is 5.81. The van der Waals surface area contributed by atoms with Crippen molar-refractivity contribution in [3.63, 3.8) is 0 Å². The molecule has 1 rings (SSSR count). The van der Waals surface area contributed by atoms with Gasteiger partial charge in [0, 0.05) is 12.3 Å². The van der Waals surface area contributed by atoms with Crippen molar-refractivity contribution < 1.29 is 4.79 Å². The van der Waals surface area contributed by atoms with E-state index in [1.54, 1.807) is 0 Å². The first-order chi connectivity index (χ1) is 9.05. The van der Waals surface area contributed by atoms with Crippen LogP contribution in [0.4, 0.5) is 0 Å². The number of Topliss-reactive ketones (excluding diaryl/α,β-unsaturated/α-hetero) is 1. The fourth-order valence-corrected chi connectivity index (χ4v) is 3.18. The predicted molar refractivity (Wildman–Crippen MR) is 83.4 cm³/mol. The number of hydrogen-bond acceptors (Lipinski definition) is 1. The highest BCUT2D eigenvalue weighted by Gasteiger charge is 2.29. The minimum Gasteiger partial charge on any atom is -0.299 e. The monoisotopic (exact) mass is 266 g/mol. The number of carbonyl (C=O) groups excluding carboxylic acids is 1. The molecule has 0 aromatic rings. The second kappa shape index (κ2) is 8.76. The standard InChI is InChI=1S/C18H34O/c1-4-5-6-7-8-9-10-11-17(19)16-12-14-18(2,3)15-13-16/h16H,4-15H2,1-3H3. The lowest BCUT2D eigenvalue weighted by molar-refractivity contribution is -0.124. The van der Waals surface area contributed by atoms with E-state index < -0.39 is 0 Å². The van der Waals surface area contributed by atoms with Gasteiger partial charge in [0.05, 0.1) is 0 Å². The summed E-state index contributed by atoms with van der Waals surface area (Å²) in [5, 5.41) is 0. The fourth-order valence-electron chi connectivity index (χ4n) is 3.18. The van der Waals surface area contributed by atoms with Gasteiger partial charge in [-0.1, -0.05) is 59.3 Å². The Morgan fingerprint density at radius 2 is 1.47 bits per heavy atom. The maximum Gasteiger partial charge on any atom is 0.135 e. The number of hydrogen-bond donors (Lipinski definition) is 0. The van der Waals surface area contributed by atoms with Crippen LogP contribution in [-0.2, 0) is 4.79 Å². The van der Waals surface area contributed by atoms with Crippen LogP contribution in [0.25, 0.3) is 0 Å². The van der Waals surface area contributed by atoms with E-state index in [0.29, 0.717) is 17.1 Å². The first-order valence-corrected chi connectivity index (χ1v) is 8.58. The summed E-state index contributed by atoms with van der Waals surface area (Å²) in [7, 11) is 0. The third-order valence-electron chi connectivity index (χ3n) is 4.82. The van der Waals surface area contributed by atoms with Crippen molar-refractivity contribution in [3.8, 4) is 0 Å². The van der Waals surface area contributed by atoms with Gasteiger partial charge < -0.3 is 0 Å². The molecule has 1 aliphatic rings. The van der Waals surface area contributed by atoms with E-state index in [9.17, 15) is 4.79 Å². The van der Waals surface area contributed by atoms with Crippen molar-refractivity contribution in [3.05, 3.63) is 0 Å². The van der Waals surface area contributed by atoms with Crippen LogP contribution < -0.4 is 0 Å². The Morgan fingerprint density at radius 1 is 0.947 bits per heavy atom. The molecule has 0 unspecified atom stereocenters. The normalized spacial score (nSPS) is 19.5. The van der Waals surface area contributed by atoms with Gasteiger partial charge in [0.2, 0.25) is 0 Å². The lowest BCUT2D eigenvalue weighted by atomic mass is 9.71. The number of carbonyl (C=O) groups is 1. The van der Waals surface area contributed by atoms with Gasteiger partial charge in [-0.3, -0.25) is 4.79 Å². The summed E-state index contributed by atoms with van der Waals surface area (Å²) in [6, 6.07) is 0. The van der Waals surface area contributed by atoms with Crippen LogP contribution in [0.1, 0.15) is 97.8 Å². The summed E-state index contributed by atoms with van der Waals surface area (Å²) in [4.78, 5) is 12.1. The van der Waals surface area contributed by atoms with Crippen molar-refractivity contribution in [1.82, 2.24) is 0 Å². The highest BCUT2D eigenvalue weighted by Crippen LogP contribution is 2.38. The number of rotatable bonds is 9. The molecule has 19 heavy (non-hydrogen) atoms. The van der Waals surface area contributed by atoms with Crippen LogP contribution in [0.2, 0.25) is 0 Å². The predicted octanol–water partition coefficient (Wildman–Crippen LogP) is 5.91. The summed E-state index contributed by atoms with van der Waals surface area (Å²) in [5.41, 5.74) is 0.482. The van der Waals surface area contributed by atoms with Gasteiger partial charge in [-0.25, -0.2) is 0 Å². The summed E-state index contributed by atoms with van der Waals surface area (Å²) in [6.07, 6.45) is 14.7. The van der Waals surface area contributed by atoms with Crippen LogP contribution in [0.3, 0.4) is 0 Å². The van der Waals surface area contributed by atoms with E-state index in [2.05, 4.69) is 20.8 Å². The smallest absolute Gasteiger partial charge is 0.135 e. The summed E-state index contributed by atoms with van der Waals surface area (Å²) in [6.45, 7) is 6.93. The molecule has 112 valence electrons. The minimum absolute atomic E-state index is 0.396. The van der Waals surface area contributed by atoms with Crippen LogP contribution >= 0.6 is 0 Å². The Bertz CT molecular complexity index is 244. The van der Waals surface area contributed by atoms with Gasteiger partial charge in [-0.2, -0.15) is 0 Å². The quantitative estimate of drug-likeness (QED) is 0.474. The van der Waals surface area contributed by atoms with Crippen molar-refractivity contribution in [2.75, 3.05) is 0 Å². The Morgan fingerprint density at radius 3 is 2.05 bits per heavy atom. The number of ketones is 1. The van der Waals surface area contributed by atoms with Crippen molar-refractivity contribution in [1.29, 1.82) is 0 Å². The third kappa shape index (κ3) is 7.13. The van der Waals surface area contributed by atoms with Crippen LogP contribution in [0.15, 0.2) is 0 Å².